The number of nitrogens with zero attached hydrogens (tertiary/aromatic N) is 1. The number of alkyl carbamates (subject to hydrolysis) is 1. The zero-order valence-electron chi connectivity index (χ0n) is 19.3. The SMILES string of the molecule is C#Cc1ccccc1C(C(=O)NC(C)(C)C)N(C)C(=O)C(CO)NC(=O)OC(C)(C)C. The van der Waals surface area contributed by atoms with Gasteiger partial charge < -0.3 is 25.4 Å². The maximum absolute atomic E-state index is 13.1. The first-order chi connectivity index (χ1) is 14.2. The van der Waals surface area contributed by atoms with E-state index in [1.807, 2.05) is 20.8 Å². The number of rotatable bonds is 6. The summed E-state index contributed by atoms with van der Waals surface area (Å²) in [5, 5.41) is 14.9. The molecule has 1 rings (SSSR count). The summed E-state index contributed by atoms with van der Waals surface area (Å²) >= 11 is 0. The van der Waals surface area contributed by atoms with E-state index < -0.39 is 47.7 Å². The molecule has 31 heavy (non-hydrogen) atoms. The number of nitrogens with one attached hydrogen (secondary N) is 2. The van der Waals surface area contributed by atoms with Crippen molar-refractivity contribution in [3.05, 3.63) is 35.4 Å². The van der Waals surface area contributed by atoms with Gasteiger partial charge in [0.25, 0.3) is 0 Å². The van der Waals surface area contributed by atoms with E-state index >= 15 is 0 Å². The second-order valence-corrected chi connectivity index (χ2v) is 9.20. The molecule has 170 valence electrons. The molecule has 0 heterocycles. The van der Waals surface area contributed by atoms with Gasteiger partial charge >= 0.3 is 6.09 Å². The lowest BCUT2D eigenvalue weighted by Crippen LogP contribution is -2.54. The standard InChI is InChI=1S/C23H33N3O5/c1-9-15-12-10-11-13-16(15)18(19(28)25-22(2,3)4)26(8)20(29)17(14-27)24-21(30)31-23(5,6)7/h1,10-13,17-18,27H,14H2,2-8H3,(H,24,30)(H,25,28). The number of carbonyl (C=O) groups excluding carboxylic acids is 3. The van der Waals surface area contributed by atoms with Gasteiger partial charge in [0.05, 0.1) is 6.61 Å². The monoisotopic (exact) mass is 431 g/mol. The Morgan fingerprint density at radius 3 is 2.23 bits per heavy atom. The fourth-order valence-electron chi connectivity index (χ4n) is 2.84. The Labute approximate surface area is 184 Å². The largest absolute Gasteiger partial charge is 0.444 e. The molecule has 2 atom stereocenters. The van der Waals surface area contributed by atoms with Crippen molar-refractivity contribution >= 4 is 17.9 Å². The number of likely N-dealkylation sites (N-methyl/N-ethyl adjacent to an activating group) is 1. The molecule has 3 N–H and O–H groups in total. The molecule has 0 aromatic heterocycles. The summed E-state index contributed by atoms with van der Waals surface area (Å²) < 4.78 is 5.16. The number of amides is 3. The molecule has 8 heteroatoms. The minimum absolute atomic E-state index is 0.444. The first-order valence-electron chi connectivity index (χ1n) is 9.94. The van der Waals surface area contributed by atoms with Crippen LogP contribution in [0.2, 0.25) is 0 Å². The van der Waals surface area contributed by atoms with Crippen molar-refractivity contribution in [1.29, 1.82) is 0 Å². The smallest absolute Gasteiger partial charge is 0.408 e. The lowest BCUT2D eigenvalue weighted by atomic mass is 9.97. The second kappa shape index (κ2) is 10.3. The Hall–Kier alpha value is -3.05. The summed E-state index contributed by atoms with van der Waals surface area (Å²) in [5.74, 6) is 1.42. The van der Waals surface area contributed by atoms with E-state index in [2.05, 4.69) is 16.6 Å². The van der Waals surface area contributed by atoms with Gasteiger partial charge in [-0.05, 0) is 53.2 Å². The van der Waals surface area contributed by atoms with Gasteiger partial charge in [-0.25, -0.2) is 4.79 Å². The summed E-state index contributed by atoms with van der Waals surface area (Å²) in [5.41, 5.74) is -0.427. The van der Waals surface area contributed by atoms with Crippen molar-refractivity contribution < 1.29 is 24.2 Å². The third kappa shape index (κ3) is 7.95. The van der Waals surface area contributed by atoms with Gasteiger partial charge in [-0.2, -0.15) is 0 Å². The fourth-order valence-corrected chi connectivity index (χ4v) is 2.84. The number of aliphatic hydroxyl groups excluding tert-OH is 1. The molecule has 2 unspecified atom stereocenters. The summed E-state index contributed by atoms with van der Waals surface area (Å²) in [6.45, 7) is 9.81. The van der Waals surface area contributed by atoms with Crippen LogP contribution in [-0.4, -0.2) is 58.8 Å². The molecule has 1 aromatic rings. The summed E-state index contributed by atoms with van der Waals surface area (Å²) in [7, 11) is 1.42. The predicted molar refractivity (Wildman–Crippen MR) is 118 cm³/mol. The highest BCUT2D eigenvalue weighted by molar-refractivity contribution is 5.92. The van der Waals surface area contributed by atoms with Crippen molar-refractivity contribution in [2.75, 3.05) is 13.7 Å². The number of hydrogen-bond acceptors (Lipinski definition) is 5. The summed E-state index contributed by atoms with van der Waals surface area (Å²) in [4.78, 5) is 39.5. The summed E-state index contributed by atoms with van der Waals surface area (Å²) in [6, 6.07) is 4.42. The molecular formula is C23H33N3O5. The zero-order chi connectivity index (χ0) is 24.0. The third-order valence-electron chi connectivity index (χ3n) is 4.06. The number of aliphatic hydroxyl groups is 1. The maximum atomic E-state index is 13.1. The van der Waals surface area contributed by atoms with Gasteiger partial charge in [-0.15, -0.1) is 6.42 Å². The lowest BCUT2D eigenvalue weighted by Gasteiger charge is -2.33. The maximum Gasteiger partial charge on any atom is 0.408 e. The molecule has 0 aliphatic heterocycles. The molecule has 8 nitrogen and oxygen atoms in total. The average molecular weight is 432 g/mol. The number of benzene rings is 1. The van der Waals surface area contributed by atoms with Crippen LogP contribution in [0.25, 0.3) is 0 Å². The van der Waals surface area contributed by atoms with Gasteiger partial charge in [0.15, 0.2) is 0 Å². The van der Waals surface area contributed by atoms with E-state index in [-0.39, 0.29) is 0 Å². The molecule has 0 bridgehead atoms. The molecule has 0 radical (unpaired) electrons. The van der Waals surface area contributed by atoms with Crippen LogP contribution in [0.3, 0.4) is 0 Å². The Morgan fingerprint density at radius 1 is 1.16 bits per heavy atom. The predicted octanol–water partition coefficient (Wildman–Crippen LogP) is 1.97. The van der Waals surface area contributed by atoms with Crippen LogP contribution < -0.4 is 10.6 Å². The number of hydrogen-bond donors (Lipinski definition) is 3. The van der Waals surface area contributed by atoms with Crippen LogP contribution in [0.15, 0.2) is 24.3 Å². The van der Waals surface area contributed by atoms with E-state index in [0.717, 1.165) is 4.90 Å². The Morgan fingerprint density at radius 2 is 1.74 bits per heavy atom. The highest BCUT2D eigenvalue weighted by Gasteiger charge is 2.35. The van der Waals surface area contributed by atoms with E-state index in [0.29, 0.717) is 11.1 Å². The Bertz CT molecular complexity index is 846. The van der Waals surface area contributed by atoms with E-state index in [4.69, 9.17) is 11.2 Å². The number of ether oxygens (including phenoxy) is 1. The van der Waals surface area contributed by atoms with Gasteiger partial charge in [0.1, 0.15) is 17.7 Å². The zero-order valence-corrected chi connectivity index (χ0v) is 19.3. The third-order valence-corrected chi connectivity index (χ3v) is 4.06. The van der Waals surface area contributed by atoms with Crippen LogP contribution >= 0.6 is 0 Å². The van der Waals surface area contributed by atoms with E-state index in [9.17, 15) is 19.5 Å². The molecular weight excluding hydrogens is 398 g/mol. The molecule has 0 aliphatic rings. The van der Waals surface area contributed by atoms with Crippen molar-refractivity contribution in [3.63, 3.8) is 0 Å². The average Bonchev–Trinajstić information content (AvgIpc) is 2.63. The Kier molecular flexibility index (Phi) is 8.64. The molecule has 0 aliphatic carbocycles. The second-order valence-electron chi connectivity index (χ2n) is 9.20. The molecule has 0 saturated carbocycles. The first-order valence-corrected chi connectivity index (χ1v) is 9.94. The fraction of sp³-hybridized carbons (Fsp3) is 0.522. The van der Waals surface area contributed by atoms with Crippen LogP contribution in [0.4, 0.5) is 4.79 Å². The van der Waals surface area contributed by atoms with Gasteiger partial charge in [-0.1, -0.05) is 24.1 Å². The number of terminal acetylenes is 1. The minimum atomic E-state index is -1.30. The highest BCUT2D eigenvalue weighted by atomic mass is 16.6. The molecule has 0 fully saturated rings. The van der Waals surface area contributed by atoms with Crippen molar-refractivity contribution in [2.45, 2.75) is 64.8 Å². The van der Waals surface area contributed by atoms with Crippen molar-refractivity contribution in [2.24, 2.45) is 0 Å². The molecule has 0 spiro atoms. The molecule has 0 saturated heterocycles. The van der Waals surface area contributed by atoms with Crippen LogP contribution in [0.1, 0.15) is 58.7 Å². The van der Waals surface area contributed by atoms with Gasteiger partial charge in [0.2, 0.25) is 11.8 Å². The topological polar surface area (TPSA) is 108 Å². The minimum Gasteiger partial charge on any atom is -0.444 e. The van der Waals surface area contributed by atoms with Crippen molar-refractivity contribution in [3.8, 4) is 12.3 Å². The van der Waals surface area contributed by atoms with Crippen LogP contribution in [0, 0.1) is 12.3 Å². The molecule has 3 amide bonds. The summed E-state index contributed by atoms with van der Waals surface area (Å²) in [6.07, 6.45) is 4.75. The van der Waals surface area contributed by atoms with Crippen LogP contribution in [0.5, 0.6) is 0 Å². The van der Waals surface area contributed by atoms with Crippen molar-refractivity contribution in [1.82, 2.24) is 15.5 Å². The lowest BCUT2D eigenvalue weighted by molar-refractivity contribution is -0.142. The quantitative estimate of drug-likeness (QED) is 0.597. The van der Waals surface area contributed by atoms with E-state index in [1.165, 1.54) is 7.05 Å². The Balaban J connectivity index is 3.28. The highest BCUT2D eigenvalue weighted by Crippen LogP contribution is 2.25. The van der Waals surface area contributed by atoms with Crippen LogP contribution in [-0.2, 0) is 14.3 Å². The van der Waals surface area contributed by atoms with Gasteiger partial charge in [0, 0.05) is 18.2 Å². The first kappa shape index (κ1) is 26.0. The number of carbonyl (C=O) groups is 3. The molecule has 1 aromatic carbocycles. The normalized spacial score (nSPS) is 13.4. The van der Waals surface area contributed by atoms with E-state index in [1.54, 1.807) is 45.0 Å². The van der Waals surface area contributed by atoms with Gasteiger partial charge in [-0.3, -0.25) is 9.59 Å².